The zero-order chi connectivity index (χ0) is 15.7. The van der Waals surface area contributed by atoms with Crippen molar-refractivity contribution in [3.63, 3.8) is 0 Å². The number of methoxy groups -OCH3 is 2. The number of ether oxygens (including phenoxy) is 2. The average molecular weight is 300 g/mol. The van der Waals surface area contributed by atoms with Crippen LogP contribution in [-0.2, 0) is 14.3 Å². The van der Waals surface area contributed by atoms with E-state index in [4.69, 9.17) is 9.47 Å². The van der Waals surface area contributed by atoms with E-state index in [0.29, 0.717) is 26.2 Å². The molecule has 1 saturated carbocycles. The Labute approximate surface area is 129 Å². The molecule has 124 valence electrons. The van der Waals surface area contributed by atoms with E-state index >= 15 is 0 Å². The number of amides is 1. The quantitative estimate of drug-likeness (QED) is 0.705. The van der Waals surface area contributed by atoms with E-state index in [1.54, 1.807) is 14.2 Å². The molecule has 1 aliphatic rings. The largest absolute Gasteiger partial charge is 0.383 e. The third kappa shape index (κ3) is 5.57. The number of hydrogen-bond acceptors (Lipinski definition) is 4. The molecule has 1 N–H and O–H groups in total. The molecule has 0 saturated heterocycles. The van der Waals surface area contributed by atoms with Crippen LogP contribution in [0.4, 0.5) is 0 Å². The van der Waals surface area contributed by atoms with Crippen molar-refractivity contribution in [1.29, 1.82) is 0 Å². The first-order chi connectivity index (χ1) is 10.1. The van der Waals surface area contributed by atoms with Crippen molar-refractivity contribution in [3.05, 3.63) is 0 Å². The van der Waals surface area contributed by atoms with Gasteiger partial charge in [0.25, 0.3) is 0 Å². The molecule has 0 radical (unpaired) electrons. The summed E-state index contributed by atoms with van der Waals surface area (Å²) in [7, 11) is 5.32. The summed E-state index contributed by atoms with van der Waals surface area (Å²) in [6.07, 6.45) is 6.45. The molecule has 5 heteroatoms. The van der Waals surface area contributed by atoms with Crippen molar-refractivity contribution in [1.82, 2.24) is 10.2 Å². The van der Waals surface area contributed by atoms with Crippen molar-refractivity contribution in [2.45, 2.75) is 57.0 Å². The molecule has 0 aliphatic heterocycles. The number of carbonyl (C=O) groups excluding carboxylic acids is 1. The summed E-state index contributed by atoms with van der Waals surface area (Å²) in [4.78, 5) is 14.7. The van der Waals surface area contributed by atoms with Crippen molar-refractivity contribution < 1.29 is 14.3 Å². The fourth-order valence-corrected chi connectivity index (χ4v) is 3.25. The Hall–Kier alpha value is -0.650. The number of hydrogen-bond donors (Lipinski definition) is 1. The third-order valence-corrected chi connectivity index (χ3v) is 4.63. The highest BCUT2D eigenvalue weighted by atomic mass is 16.5. The van der Waals surface area contributed by atoms with Crippen LogP contribution in [0.5, 0.6) is 0 Å². The summed E-state index contributed by atoms with van der Waals surface area (Å²) in [6, 6.07) is 0.0788. The van der Waals surface area contributed by atoms with Gasteiger partial charge in [-0.2, -0.15) is 0 Å². The standard InChI is InChI=1S/C16H32N2O3/c1-14(13-21-4)18(10-11-20-3)15(19)12-16(17-2)8-6-5-7-9-16/h14,17H,5-13H2,1-4H3. The minimum Gasteiger partial charge on any atom is -0.383 e. The van der Waals surface area contributed by atoms with Crippen LogP contribution >= 0.6 is 0 Å². The molecule has 0 spiro atoms. The predicted molar refractivity (Wildman–Crippen MR) is 84.4 cm³/mol. The highest BCUT2D eigenvalue weighted by molar-refractivity contribution is 5.77. The smallest absolute Gasteiger partial charge is 0.224 e. The molecule has 0 aromatic rings. The van der Waals surface area contributed by atoms with Crippen molar-refractivity contribution in [2.75, 3.05) is 41.0 Å². The van der Waals surface area contributed by atoms with Gasteiger partial charge in [0.05, 0.1) is 19.3 Å². The monoisotopic (exact) mass is 300 g/mol. The SMILES string of the molecule is CNC1(CC(=O)N(CCOC)C(C)COC)CCCCC1. The zero-order valence-electron chi connectivity index (χ0n) is 14.1. The van der Waals surface area contributed by atoms with Gasteiger partial charge in [-0.15, -0.1) is 0 Å². The maximum absolute atomic E-state index is 12.8. The summed E-state index contributed by atoms with van der Waals surface area (Å²) in [5.74, 6) is 0.202. The predicted octanol–water partition coefficient (Wildman–Crippen LogP) is 1.81. The molecule has 1 unspecified atom stereocenters. The van der Waals surface area contributed by atoms with Gasteiger partial charge in [0.1, 0.15) is 0 Å². The zero-order valence-corrected chi connectivity index (χ0v) is 14.1. The highest BCUT2D eigenvalue weighted by Crippen LogP contribution is 2.31. The molecular formula is C16H32N2O3. The van der Waals surface area contributed by atoms with Crippen LogP contribution in [0.15, 0.2) is 0 Å². The van der Waals surface area contributed by atoms with E-state index < -0.39 is 0 Å². The molecule has 1 amide bonds. The summed E-state index contributed by atoms with van der Waals surface area (Å²) >= 11 is 0. The summed E-state index contributed by atoms with van der Waals surface area (Å²) in [5.41, 5.74) is -0.0204. The summed E-state index contributed by atoms with van der Waals surface area (Å²) in [5, 5.41) is 3.42. The van der Waals surface area contributed by atoms with Crippen LogP contribution in [0.25, 0.3) is 0 Å². The van der Waals surface area contributed by atoms with Crippen LogP contribution in [0, 0.1) is 0 Å². The Bertz CT molecular complexity index is 304. The van der Waals surface area contributed by atoms with Gasteiger partial charge in [0.2, 0.25) is 5.91 Å². The first kappa shape index (κ1) is 18.4. The van der Waals surface area contributed by atoms with E-state index in [0.717, 1.165) is 12.8 Å². The molecule has 0 aromatic carbocycles. The fourth-order valence-electron chi connectivity index (χ4n) is 3.25. The molecule has 1 atom stereocenters. The third-order valence-electron chi connectivity index (χ3n) is 4.63. The minimum absolute atomic E-state index is 0.0204. The number of nitrogens with one attached hydrogen (secondary N) is 1. The molecule has 0 aromatic heterocycles. The summed E-state index contributed by atoms with van der Waals surface area (Å²) < 4.78 is 10.3. The van der Waals surface area contributed by atoms with Crippen LogP contribution < -0.4 is 5.32 Å². The topological polar surface area (TPSA) is 50.8 Å². The lowest BCUT2D eigenvalue weighted by Gasteiger charge is -2.39. The van der Waals surface area contributed by atoms with Crippen molar-refractivity contribution in [3.8, 4) is 0 Å². The second-order valence-corrected chi connectivity index (χ2v) is 6.15. The lowest BCUT2D eigenvalue weighted by molar-refractivity contribution is -0.137. The fraction of sp³-hybridized carbons (Fsp3) is 0.938. The average Bonchev–Trinajstić information content (AvgIpc) is 2.49. The van der Waals surface area contributed by atoms with E-state index in [-0.39, 0.29) is 17.5 Å². The second kappa shape index (κ2) is 9.38. The van der Waals surface area contributed by atoms with Crippen molar-refractivity contribution in [2.24, 2.45) is 0 Å². The molecule has 0 heterocycles. The minimum atomic E-state index is -0.0204. The van der Waals surface area contributed by atoms with Gasteiger partial charge >= 0.3 is 0 Å². The number of nitrogens with zero attached hydrogens (tertiary/aromatic N) is 1. The van der Waals surface area contributed by atoms with E-state index in [9.17, 15) is 4.79 Å². The Morgan fingerprint density at radius 3 is 2.43 bits per heavy atom. The molecule has 21 heavy (non-hydrogen) atoms. The Kier molecular flexibility index (Phi) is 8.22. The van der Waals surface area contributed by atoms with E-state index in [1.807, 2.05) is 18.9 Å². The maximum Gasteiger partial charge on any atom is 0.224 e. The van der Waals surface area contributed by atoms with Crippen LogP contribution in [0.2, 0.25) is 0 Å². The van der Waals surface area contributed by atoms with Gasteiger partial charge < -0.3 is 19.7 Å². The van der Waals surface area contributed by atoms with Gasteiger partial charge in [-0.25, -0.2) is 0 Å². The first-order valence-electron chi connectivity index (χ1n) is 8.05. The van der Waals surface area contributed by atoms with E-state index in [2.05, 4.69) is 5.32 Å². The Morgan fingerprint density at radius 1 is 1.24 bits per heavy atom. The van der Waals surface area contributed by atoms with Gasteiger partial charge in [-0.1, -0.05) is 19.3 Å². The molecule has 1 rings (SSSR count). The molecular weight excluding hydrogens is 268 g/mol. The van der Waals surface area contributed by atoms with Gasteiger partial charge in [-0.05, 0) is 26.8 Å². The van der Waals surface area contributed by atoms with E-state index in [1.165, 1.54) is 19.3 Å². The lowest BCUT2D eigenvalue weighted by Crippen LogP contribution is -2.51. The molecule has 0 bridgehead atoms. The highest BCUT2D eigenvalue weighted by Gasteiger charge is 2.34. The van der Waals surface area contributed by atoms with Crippen LogP contribution in [-0.4, -0.2) is 63.4 Å². The number of carbonyl (C=O) groups is 1. The van der Waals surface area contributed by atoms with Crippen LogP contribution in [0.1, 0.15) is 45.4 Å². The van der Waals surface area contributed by atoms with Crippen molar-refractivity contribution >= 4 is 5.91 Å². The normalized spacial score (nSPS) is 19.2. The lowest BCUT2D eigenvalue weighted by atomic mass is 9.79. The number of rotatable bonds is 9. The second-order valence-electron chi connectivity index (χ2n) is 6.15. The first-order valence-corrected chi connectivity index (χ1v) is 8.05. The van der Waals surface area contributed by atoms with Gasteiger partial charge in [-0.3, -0.25) is 4.79 Å². The Balaban J connectivity index is 2.69. The molecule has 5 nitrogen and oxygen atoms in total. The van der Waals surface area contributed by atoms with Crippen LogP contribution in [0.3, 0.4) is 0 Å². The Morgan fingerprint density at radius 2 is 1.90 bits per heavy atom. The molecule has 1 fully saturated rings. The molecule has 1 aliphatic carbocycles. The maximum atomic E-state index is 12.8. The van der Waals surface area contributed by atoms with Gasteiger partial charge in [0.15, 0.2) is 0 Å². The summed E-state index contributed by atoms with van der Waals surface area (Å²) in [6.45, 7) is 3.78. The van der Waals surface area contributed by atoms with Gasteiger partial charge in [0, 0.05) is 32.7 Å².